The molecule has 2 aliphatic heterocycles. The van der Waals surface area contributed by atoms with Crippen molar-refractivity contribution in [2.24, 2.45) is 11.8 Å². The number of aromatic nitrogens is 2. The van der Waals surface area contributed by atoms with Crippen molar-refractivity contribution >= 4 is 20.7 Å². The van der Waals surface area contributed by atoms with Crippen molar-refractivity contribution in [1.82, 2.24) is 14.5 Å². The molecule has 2 saturated heterocycles. The zero-order chi connectivity index (χ0) is 19.9. The van der Waals surface area contributed by atoms with Gasteiger partial charge >= 0.3 is 0 Å². The van der Waals surface area contributed by atoms with Crippen LogP contribution in [0.4, 0.5) is 4.39 Å². The van der Waals surface area contributed by atoms with Gasteiger partial charge in [-0.1, -0.05) is 0 Å². The minimum atomic E-state index is -2.82. The molecule has 0 aliphatic carbocycles. The molecule has 1 atom stereocenters. The van der Waals surface area contributed by atoms with E-state index in [4.69, 9.17) is 0 Å². The molecular formula is C20H26FN3O3S. The minimum Gasteiger partial charge on any atom is -0.303 e. The number of halogens is 1. The first-order valence-electron chi connectivity index (χ1n) is 9.90. The molecule has 0 N–H and O–H groups in total. The molecule has 6 nitrogen and oxygen atoms in total. The maximum Gasteiger partial charge on any atom is 0.261 e. The maximum absolute atomic E-state index is 13.4. The number of aryl methyl sites for hydroxylation is 1. The van der Waals surface area contributed by atoms with Crippen molar-refractivity contribution in [3.05, 3.63) is 40.2 Å². The molecule has 152 valence electrons. The van der Waals surface area contributed by atoms with Gasteiger partial charge in [-0.2, -0.15) is 0 Å². The molecule has 4 rings (SSSR count). The van der Waals surface area contributed by atoms with E-state index in [-0.39, 0.29) is 17.3 Å². The fraction of sp³-hybridized carbons (Fsp3) is 0.600. The van der Waals surface area contributed by atoms with Crippen molar-refractivity contribution in [1.29, 1.82) is 0 Å². The molecule has 2 fully saturated rings. The summed E-state index contributed by atoms with van der Waals surface area (Å²) in [6, 6.07) is 4.11. The van der Waals surface area contributed by atoms with Gasteiger partial charge in [-0.05, 0) is 63.2 Å². The van der Waals surface area contributed by atoms with Gasteiger partial charge in [0.1, 0.15) is 11.6 Å². The number of likely N-dealkylation sites (tertiary alicyclic amines) is 1. The highest BCUT2D eigenvalue weighted by molar-refractivity contribution is 7.91. The predicted molar refractivity (Wildman–Crippen MR) is 107 cm³/mol. The van der Waals surface area contributed by atoms with E-state index in [1.165, 1.54) is 18.2 Å². The summed E-state index contributed by atoms with van der Waals surface area (Å²) in [5.74, 6) is 1.52. The average molecular weight is 408 g/mol. The van der Waals surface area contributed by atoms with Gasteiger partial charge in [0.05, 0.1) is 22.4 Å². The van der Waals surface area contributed by atoms with Crippen LogP contribution in [0.15, 0.2) is 23.0 Å². The first-order valence-corrected chi connectivity index (χ1v) is 11.7. The van der Waals surface area contributed by atoms with Crippen molar-refractivity contribution in [3.63, 3.8) is 0 Å². The van der Waals surface area contributed by atoms with Crippen LogP contribution in [0.25, 0.3) is 10.9 Å². The third-order valence-corrected chi connectivity index (χ3v) is 7.94. The Morgan fingerprint density at radius 2 is 1.89 bits per heavy atom. The summed E-state index contributed by atoms with van der Waals surface area (Å²) in [5, 5.41) is 0.451. The first-order chi connectivity index (χ1) is 13.3. The summed E-state index contributed by atoms with van der Waals surface area (Å²) in [5.41, 5.74) is 0.293. The third-order valence-electron chi connectivity index (χ3n) is 6.10. The smallest absolute Gasteiger partial charge is 0.261 e. The molecule has 2 aromatic rings. The Hall–Kier alpha value is -1.80. The van der Waals surface area contributed by atoms with Crippen LogP contribution >= 0.6 is 0 Å². The third kappa shape index (κ3) is 4.12. The lowest BCUT2D eigenvalue weighted by atomic mass is 9.95. The lowest BCUT2D eigenvalue weighted by Gasteiger charge is -2.33. The van der Waals surface area contributed by atoms with Crippen LogP contribution in [-0.2, 0) is 16.4 Å². The Labute approximate surface area is 164 Å². The fourth-order valence-electron chi connectivity index (χ4n) is 4.51. The van der Waals surface area contributed by atoms with E-state index in [2.05, 4.69) is 9.88 Å². The minimum absolute atomic E-state index is 0.110. The molecule has 1 aromatic heterocycles. The lowest BCUT2D eigenvalue weighted by Crippen LogP contribution is -2.39. The normalized spacial score (nSPS) is 23.4. The van der Waals surface area contributed by atoms with Crippen LogP contribution < -0.4 is 5.56 Å². The van der Waals surface area contributed by atoms with Crippen LogP contribution in [0.1, 0.15) is 25.1 Å². The molecule has 0 radical (unpaired) electrons. The van der Waals surface area contributed by atoms with Crippen LogP contribution in [-0.4, -0.2) is 54.0 Å². The SMILES string of the molecule is Cc1nc2cc(F)ccc2c(=O)n1CC1CCN(CC2CCS(=O)(=O)C2)CC1. The van der Waals surface area contributed by atoms with Crippen LogP contribution in [0.2, 0.25) is 0 Å². The summed E-state index contributed by atoms with van der Waals surface area (Å²) in [7, 11) is -2.82. The number of hydrogen-bond donors (Lipinski definition) is 0. The highest BCUT2D eigenvalue weighted by Crippen LogP contribution is 2.24. The summed E-state index contributed by atoms with van der Waals surface area (Å²) < 4.78 is 38.4. The van der Waals surface area contributed by atoms with E-state index in [0.717, 1.165) is 38.9 Å². The zero-order valence-corrected chi connectivity index (χ0v) is 16.9. The number of nitrogens with zero attached hydrogens (tertiary/aromatic N) is 3. The summed E-state index contributed by atoms with van der Waals surface area (Å²) in [6.45, 7) is 5.13. The molecule has 8 heteroatoms. The molecule has 28 heavy (non-hydrogen) atoms. The first kappa shape index (κ1) is 19.5. The van der Waals surface area contributed by atoms with Crippen LogP contribution in [0.3, 0.4) is 0 Å². The molecular weight excluding hydrogens is 381 g/mol. The largest absolute Gasteiger partial charge is 0.303 e. The van der Waals surface area contributed by atoms with Gasteiger partial charge in [0.25, 0.3) is 5.56 Å². The van der Waals surface area contributed by atoms with Crippen molar-refractivity contribution in [3.8, 4) is 0 Å². The van der Waals surface area contributed by atoms with Crippen molar-refractivity contribution < 1.29 is 12.8 Å². The standard InChI is InChI=1S/C20H26FN3O3S/c1-14-22-19-10-17(21)2-3-18(19)20(25)24(14)12-15-4-7-23(8-5-15)11-16-6-9-28(26,27)13-16/h2-3,10,15-16H,4-9,11-13H2,1H3. The topological polar surface area (TPSA) is 72.3 Å². The number of sulfone groups is 1. The molecule has 2 aliphatic rings. The van der Waals surface area contributed by atoms with Crippen LogP contribution in [0, 0.1) is 24.6 Å². The van der Waals surface area contributed by atoms with E-state index in [1.807, 2.05) is 0 Å². The summed E-state index contributed by atoms with van der Waals surface area (Å²) in [6.07, 6.45) is 2.74. The molecule has 3 heterocycles. The number of piperidine rings is 1. The zero-order valence-electron chi connectivity index (χ0n) is 16.1. The number of rotatable bonds is 4. The van der Waals surface area contributed by atoms with Crippen LogP contribution in [0.5, 0.6) is 0 Å². The fourth-order valence-corrected chi connectivity index (χ4v) is 6.36. The summed E-state index contributed by atoms with van der Waals surface area (Å²) >= 11 is 0. The number of fused-ring (bicyclic) bond motifs is 1. The van der Waals surface area contributed by atoms with Gasteiger partial charge in [0.2, 0.25) is 0 Å². The van der Waals surface area contributed by atoms with Gasteiger partial charge in [-0.25, -0.2) is 17.8 Å². The van der Waals surface area contributed by atoms with Crippen molar-refractivity contribution in [2.75, 3.05) is 31.1 Å². The Morgan fingerprint density at radius 1 is 1.14 bits per heavy atom. The van der Waals surface area contributed by atoms with E-state index in [9.17, 15) is 17.6 Å². The van der Waals surface area contributed by atoms with E-state index in [0.29, 0.717) is 40.7 Å². The molecule has 1 unspecified atom stereocenters. The second-order valence-electron chi connectivity index (χ2n) is 8.25. The molecule has 0 spiro atoms. The molecule has 0 bridgehead atoms. The Kier molecular flexibility index (Phi) is 5.26. The Morgan fingerprint density at radius 3 is 2.57 bits per heavy atom. The molecule has 0 amide bonds. The van der Waals surface area contributed by atoms with E-state index >= 15 is 0 Å². The van der Waals surface area contributed by atoms with Crippen molar-refractivity contribution in [2.45, 2.75) is 32.7 Å². The lowest BCUT2D eigenvalue weighted by molar-refractivity contribution is 0.155. The van der Waals surface area contributed by atoms with Gasteiger partial charge < -0.3 is 4.90 Å². The monoisotopic (exact) mass is 407 g/mol. The highest BCUT2D eigenvalue weighted by Gasteiger charge is 2.30. The summed E-state index contributed by atoms with van der Waals surface area (Å²) in [4.78, 5) is 19.6. The van der Waals surface area contributed by atoms with Gasteiger partial charge in [0, 0.05) is 19.2 Å². The second kappa shape index (κ2) is 7.55. The average Bonchev–Trinajstić information content (AvgIpc) is 2.98. The van der Waals surface area contributed by atoms with Gasteiger partial charge in [0.15, 0.2) is 9.84 Å². The second-order valence-corrected chi connectivity index (χ2v) is 10.5. The number of benzene rings is 1. The maximum atomic E-state index is 13.4. The highest BCUT2D eigenvalue weighted by atomic mass is 32.2. The van der Waals surface area contributed by atoms with E-state index in [1.54, 1.807) is 11.5 Å². The number of hydrogen-bond acceptors (Lipinski definition) is 5. The Bertz CT molecular complexity index is 1040. The van der Waals surface area contributed by atoms with E-state index < -0.39 is 9.84 Å². The van der Waals surface area contributed by atoms with Gasteiger partial charge in [-0.15, -0.1) is 0 Å². The quantitative estimate of drug-likeness (QED) is 0.775. The molecule has 1 aromatic carbocycles. The van der Waals surface area contributed by atoms with Gasteiger partial charge in [-0.3, -0.25) is 9.36 Å². The molecule has 0 saturated carbocycles. The predicted octanol–water partition coefficient (Wildman–Crippen LogP) is 1.99. The Balaban J connectivity index is 1.40.